The Morgan fingerprint density at radius 2 is 2.15 bits per heavy atom. The Balaban J connectivity index is 1.87. The van der Waals surface area contributed by atoms with E-state index < -0.39 is 0 Å². The van der Waals surface area contributed by atoms with Gasteiger partial charge in [-0.05, 0) is 31.5 Å². The van der Waals surface area contributed by atoms with Crippen LogP contribution in [0.5, 0.6) is 5.75 Å². The number of aryl methyl sites for hydroxylation is 1. The van der Waals surface area contributed by atoms with Gasteiger partial charge in [0.25, 0.3) is 0 Å². The molecule has 0 spiro atoms. The average Bonchev–Trinajstić information content (AvgIpc) is 2.80. The zero-order chi connectivity index (χ0) is 14.1. The zero-order valence-electron chi connectivity index (χ0n) is 11.8. The summed E-state index contributed by atoms with van der Waals surface area (Å²) in [5.74, 6) is 1.70. The summed E-state index contributed by atoms with van der Waals surface area (Å²) < 4.78 is 5.95. The van der Waals surface area contributed by atoms with E-state index in [2.05, 4.69) is 16.0 Å². The van der Waals surface area contributed by atoms with Crippen molar-refractivity contribution in [3.8, 4) is 5.75 Å². The number of hydrogen-bond donors (Lipinski definition) is 1. The fraction of sp³-hybridized carbons (Fsp3) is 0.375. The van der Waals surface area contributed by atoms with Crippen molar-refractivity contribution in [1.82, 2.24) is 9.97 Å². The molecular formula is C16H19N3O. The Labute approximate surface area is 119 Å². The van der Waals surface area contributed by atoms with Crippen LogP contribution in [-0.2, 0) is 12.8 Å². The summed E-state index contributed by atoms with van der Waals surface area (Å²) in [6, 6.07) is 10.2. The van der Waals surface area contributed by atoms with Crippen LogP contribution in [-0.4, -0.2) is 16.0 Å². The van der Waals surface area contributed by atoms with Crippen LogP contribution >= 0.6 is 0 Å². The number of rotatable bonds is 3. The van der Waals surface area contributed by atoms with Crippen molar-refractivity contribution in [3.63, 3.8) is 0 Å². The van der Waals surface area contributed by atoms with Gasteiger partial charge >= 0.3 is 0 Å². The van der Waals surface area contributed by atoms with E-state index in [1.807, 2.05) is 38.1 Å². The smallest absolute Gasteiger partial charge is 0.170 e. The van der Waals surface area contributed by atoms with E-state index in [9.17, 15) is 0 Å². The normalized spacial score (nSPS) is 18.4. The lowest BCUT2D eigenvalue weighted by Gasteiger charge is -2.12. The van der Waals surface area contributed by atoms with Crippen LogP contribution in [0.4, 0.5) is 0 Å². The number of nitrogens with two attached hydrogens (primary N) is 1. The third-order valence-electron chi connectivity index (χ3n) is 3.39. The highest BCUT2D eigenvalue weighted by atomic mass is 16.5. The van der Waals surface area contributed by atoms with Gasteiger partial charge in [0.1, 0.15) is 5.75 Å². The van der Waals surface area contributed by atoms with E-state index >= 15 is 0 Å². The number of ether oxygens (including phenoxy) is 1. The number of fused-ring (bicyclic) bond motifs is 1. The summed E-state index contributed by atoms with van der Waals surface area (Å²) in [5, 5.41) is 0. The van der Waals surface area contributed by atoms with Crippen LogP contribution in [0.2, 0.25) is 0 Å². The molecule has 2 aromatic rings. The first kappa shape index (κ1) is 13.1. The third-order valence-corrected chi connectivity index (χ3v) is 3.39. The number of para-hydroxylation sites is 1. The molecule has 1 aliphatic heterocycles. The Morgan fingerprint density at radius 3 is 2.90 bits per heavy atom. The number of aromatic nitrogens is 2. The van der Waals surface area contributed by atoms with Crippen LogP contribution in [0.3, 0.4) is 0 Å². The summed E-state index contributed by atoms with van der Waals surface area (Å²) in [6.07, 6.45) is 1.51. The van der Waals surface area contributed by atoms with E-state index in [0.29, 0.717) is 0 Å². The minimum Gasteiger partial charge on any atom is -0.482 e. The quantitative estimate of drug-likeness (QED) is 0.929. The molecule has 0 bridgehead atoms. The molecule has 1 aromatic heterocycles. The van der Waals surface area contributed by atoms with Crippen molar-refractivity contribution in [2.75, 3.05) is 0 Å². The van der Waals surface area contributed by atoms with E-state index in [0.717, 1.165) is 35.8 Å². The molecule has 0 aliphatic carbocycles. The van der Waals surface area contributed by atoms with Crippen LogP contribution in [0.1, 0.15) is 35.8 Å². The van der Waals surface area contributed by atoms with Gasteiger partial charge in [0.05, 0.1) is 0 Å². The highest BCUT2D eigenvalue weighted by molar-refractivity contribution is 5.38. The Kier molecular flexibility index (Phi) is 3.40. The zero-order valence-corrected chi connectivity index (χ0v) is 11.8. The minimum atomic E-state index is -0.0841. The predicted molar refractivity (Wildman–Crippen MR) is 77.6 cm³/mol. The van der Waals surface area contributed by atoms with Crippen molar-refractivity contribution >= 4 is 0 Å². The van der Waals surface area contributed by atoms with Gasteiger partial charge in [-0.25, -0.2) is 9.97 Å². The van der Waals surface area contributed by atoms with E-state index in [1.165, 1.54) is 5.56 Å². The third kappa shape index (κ3) is 2.65. The molecule has 2 unspecified atom stereocenters. The van der Waals surface area contributed by atoms with Crippen LogP contribution in [0.25, 0.3) is 0 Å². The molecule has 4 heteroatoms. The van der Waals surface area contributed by atoms with Gasteiger partial charge in [0.15, 0.2) is 11.9 Å². The molecule has 104 valence electrons. The van der Waals surface area contributed by atoms with E-state index in [4.69, 9.17) is 10.5 Å². The van der Waals surface area contributed by atoms with Gasteiger partial charge in [-0.3, -0.25) is 0 Å². The molecule has 0 saturated heterocycles. The van der Waals surface area contributed by atoms with Crippen molar-refractivity contribution < 1.29 is 4.74 Å². The first-order valence-electron chi connectivity index (χ1n) is 6.96. The molecule has 2 heterocycles. The van der Waals surface area contributed by atoms with E-state index in [-0.39, 0.29) is 12.1 Å². The standard InChI is InChI=1S/C16H19N3O/c1-10(17)7-13-8-11(2)18-16(19-13)15-9-12-5-3-4-6-14(12)20-15/h3-6,8,10,15H,7,9,17H2,1-2H3. The number of benzene rings is 1. The summed E-state index contributed by atoms with van der Waals surface area (Å²) >= 11 is 0. The van der Waals surface area contributed by atoms with Crippen LogP contribution in [0, 0.1) is 6.92 Å². The highest BCUT2D eigenvalue weighted by Gasteiger charge is 2.26. The Morgan fingerprint density at radius 1 is 1.35 bits per heavy atom. The van der Waals surface area contributed by atoms with Gasteiger partial charge < -0.3 is 10.5 Å². The second kappa shape index (κ2) is 5.21. The van der Waals surface area contributed by atoms with Crippen molar-refractivity contribution in [3.05, 3.63) is 53.1 Å². The topological polar surface area (TPSA) is 61.0 Å². The summed E-state index contributed by atoms with van der Waals surface area (Å²) in [7, 11) is 0. The van der Waals surface area contributed by atoms with Gasteiger partial charge in [0, 0.05) is 30.3 Å². The van der Waals surface area contributed by atoms with Gasteiger partial charge in [-0.15, -0.1) is 0 Å². The second-order valence-corrected chi connectivity index (χ2v) is 5.46. The second-order valence-electron chi connectivity index (χ2n) is 5.46. The molecule has 2 N–H and O–H groups in total. The molecule has 0 radical (unpaired) electrons. The maximum absolute atomic E-state index is 5.95. The molecule has 0 amide bonds. The number of hydrogen-bond acceptors (Lipinski definition) is 4. The van der Waals surface area contributed by atoms with Crippen LogP contribution in [0.15, 0.2) is 30.3 Å². The van der Waals surface area contributed by atoms with Crippen LogP contribution < -0.4 is 10.5 Å². The summed E-state index contributed by atoms with van der Waals surface area (Å²) in [4.78, 5) is 9.15. The molecule has 20 heavy (non-hydrogen) atoms. The SMILES string of the molecule is Cc1cc(CC(C)N)nc(C2Cc3ccccc3O2)n1. The van der Waals surface area contributed by atoms with Gasteiger partial charge in [-0.2, -0.15) is 0 Å². The fourth-order valence-corrected chi connectivity index (χ4v) is 2.56. The molecular weight excluding hydrogens is 250 g/mol. The predicted octanol–water partition coefficient (Wildman–Crippen LogP) is 2.35. The van der Waals surface area contributed by atoms with Crippen molar-refractivity contribution in [2.24, 2.45) is 5.73 Å². The van der Waals surface area contributed by atoms with Crippen molar-refractivity contribution in [1.29, 1.82) is 0 Å². The molecule has 1 aromatic carbocycles. The lowest BCUT2D eigenvalue weighted by Crippen LogP contribution is -2.20. The first-order valence-corrected chi connectivity index (χ1v) is 6.96. The average molecular weight is 269 g/mol. The molecule has 1 aliphatic rings. The largest absolute Gasteiger partial charge is 0.482 e. The van der Waals surface area contributed by atoms with Gasteiger partial charge in [0.2, 0.25) is 0 Å². The maximum Gasteiger partial charge on any atom is 0.170 e. The molecule has 0 saturated carbocycles. The Bertz CT molecular complexity index is 600. The summed E-state index contributed by atoms with van der Waals surface area (Å²) in [5.41, 5.74) is 9.03. The molecule has 4 nitrogen and oxygen atoms in total. The fourth-order valence-electron chi connectivity index (χ4n) is 2.56. The van der Waals surface area contributed by atoms with Crippen molar-refractivity contribution in [2.45, 2.75) is 38.8 Å². The highest BCUT2D eigenvalue weighted by Crippen LogP contribution is 2.35. The number of nitrogens with zero attached hydrogens (tertiary/aromatic N) is 2. The monoisotopic (exact) mass is 269 g/mol. The lowest BCUT2D eigenvalue weighted by atomic mass is 10.1. The first-order chi connectivity index (χ1) is 9.61. The molecule has 2 atom stereocenters. The molecule has 3 rings (SSSR count). The Hall–Kier alpha value is -1.94. The lowest BCUT2D eigenvalue weighted by molar-refractivity contribution is 0.226. The minimum absolute atomic E-state index is 0.0841. The molecule has 0 fully saturated rings. The summed E-state index contributed by atoms with van der Waals surface area (Å²) in [6.45, 7) is 3.97. The van der Waals surface area contributed by atoms with Gasteiger partial charge in [-0.1, -0.05) is 18.2 Å². The maximum atomic E-state index is 5.95. The van der Waals surface area contributed by atoms with E-state index in [1.54, 1.807) is 0 Å².